The normalized spacial score (nSPS) is 12.2. The Morgan fingerprint density at radius 1 is 1.65 bits per heavy atom. The average Bonchev–Trinajstić information content (AvgIpc) is 2.25. The van der Waals surface area contributed by atoms with Crippen molar-refractivity contribution in [2.45, 2.75) is 25.9 Å². The van der Waals surface area contributed by atoms with Crippen molar-refractivity contribution in [2.24, 2.45) is 5.92 Å². The molecule has 0 radical (unpaired) electrons. The number of rotatable bonds is 5. The molecule has 1 atom stereocenters. The van der Waals surface area contributed by atoms with Crippen LogP contribution in [0.5, 0.6) is 0 Å². The van der Waals surface area contributed by atoms with Crippen LogP contribution in [0.2, 0.25) is 0 Å². The van der Waals surface area contributed by atoms with E-state index in [0.29, 0.717) is 23.2 Å². The fourth-order valence-electron chi connectivity index (χ4n) is 1.18. The van der Waals surface area contributed by atoms with Crippen LogP contribution in [0.25, 0.3) is 0 Å². The number of hydrogen-bond donors (Lipinski definition) is 1. The zero-order valence-electron chi connectivity index (χ0n) is 10.1. The third kappa shape index (κ3) is 4.60. The number of aromatic amines is 1. The summed E-state index contributed by atoms with van der Waals surface area (Å²) < 4.78 is 4.89. The van der Waals surface area contributed by atoms with E-state index in [1.54, 1.807) is 20.8 Å². The number of carbonyl (C=O) groups excluding carboxylic acids is 1. The van der Waals surface area contributed by atoms with Gasteiger partial charge < -0.3 is 9.72 Å². The minimum Gasteiger partial charge on any atom is -0.466 e. The summed E-state index contributed by atoms with van der Waals surface area (Å²) in [6, 6.07) is 1.43. The molecule has 6 heteroatoms. The highest BCUT2D eigenvalue weighted by molar-refractivity contribution is 7.99. The van der Waals surface area contributed by atoms with Gasteiger partial charge in [-0.05, 0) is 13.8 Å². The van der Waals surface area contributed by atoms with Crippen LogP contribution in [0, 0.1) is 12.8 Å². The number of H-pyrrole nitrogens is 1. The highest BCUT2D eigenvalue weighted by Gasteiger charge is 2.14. The Hall–Kier alpha value is -1.30. The van der Waals surface area contributed by atoms with Crippen molar-refractivity contribution in [2.75, 3.05) is 12.4 Å². The van der Waals surface area contributed by atoms with Gasteiger partial charge in [-0.3, -0.25) is 9.59 Å². The van der Waals surface area contributed by atoms with E-state index in [9.17, 15) is 9.59 Å². The lowest BCUT2D eigenvalue weighted by Crippen LogP contribution is -2.17. The molecule has 1 unspecified atom stereocenters. The molecule has 5 nitrogen and oxygen atoms in total. The molecule has 0 aliphatic rings. The van der Waals surface area contributed by atoms with Crippen LogP contribution in [0.1, 0.15) is 19.5 Å². The Kier molecular flexibility index (Phi) is 5.21. The van der Waals surface area contributed by atoms with Crippen LogP contribution in [0.3, 0.4) is 0 Å². The highest BCUT2D eigenvalue weighted by atomic mass is 32.2. The summed E-state index contributed by atoms with van der Waals surface area (Å²) in [5.41, 5.74) is 0.490. The molecular formula is C11H16N2O3S. The maximum Gasteiger partial charge on any atom is 0.309 e. The zero-order chi connectivity index (χ0) is 12.8. The Labute approximate surface area is 104 Å². The molecular weight excluding hydrogens is 240 g/mol. The van der Waals surface area contributed by atoms with Gasteiger partial charge >= 0.3 is 5.97 Å². The quantitative estimate of drug-likeness (QED) is 0.489. The Morgan fingerprint density at radius 2 is 2.35 bits per heavy atom. The molecule has 0 spiro atoms. The Bertz CT molecular complexity index is 445. The Balaban J connectivity index is 2.55. The van der Waals surface area contributed by atoms with Gasteiger partial charge in [0.1, 0.15) is 0 Å². The standard InChI is InChI=1S/C11H16N2O3S/c1-4-16-10(15)7(2)6-17-11-12-8(3)5-9(14)13-11/h5,7H,4,6H2,1-3H3,(H,12,13,14). The SMILES string of the molecule is CCOC(=O)C(C)CSc1nc(C)cc(=O)[nH]1. The van der Waals surface area contributed by atoms with Gasteiger partial charge in [0.2, 0.25) is 0 Å². The van der Waals surface area contributed by atoms with Crippen molar-refractivity contribution in [1.82, 2.24) is 9.97 Å². The van der Waals surface area contributed by atoms with Gasteiger partial charge in [0.25, 0.3) is 5.56 Å². The molecule has 1 aromatic heterocycles. The summed E-state index contributed by atoms with van der Waals surface area (Å²) in [6.07, 6.45) is 0. The first-order chi connectivity index (χ1) is 8.02. The topological polar surface area (TPSA) is 72.0 Å². The van der Waals surface area contributed by atoms with Crippen LogP contribution in [0.4, 0.5) is 0 Å². The highest BCUT2D eigenvalue weighted by Crippen LogP contribution is 2.16. The van der Waals surface area contributed by atoms with Crippen LogP contribution >= 0.6 is 11.8 Å². The molecule has 0 aliphatic carbocycles. The summed E-state index contributed by atoms with van der Waals surface area (Å²) >= 11 is 1.34. The maximum absolute atomic E-state index is 11.4. The van der Waals surface area contributed by atoms with E-state index in [0.717, 1.165) is 0 Å². The summed E-state index contributed by atoms with van der Waals surface area (Å²) in [4.78, 5) is 29.3. The number of aryl methyl sites for hydroxylation is 1. The number of esters is 1. The second-order valence-corrected chi connectivity index (χ2v) is 4.66. The molecule has 0 fully saturated rings. The fourth-order valence-corrected chi connectivity index (χ4v) is 2.10. The molecule has 0 aliphatic heterocycles. The van der Waals surface area contributed by atoms with E-state index in [-0.39, 0.29) is 17.4 Å². The number of nitrogens with zero attached hydrogens (tertiary/aromatic N) is 1. The lowest BCUT2D eigenvalue weighted by Gasteiger charge is -2.09. The lowest BCUT2D eigenvalue weighted by molar-refractivity contribution is -0.146. The van der Waals surface area contributed by atoms with E-state index >= 15 is 0 Å². The lowest BCUT2D eigenvalue weighted by atomic mass is 10.2. The summed E-state index contributed by atoms with van der Waals surface area (Å²) in [5.74, 6) is 0.0892. The average molecular weight is 256 g/mol. The Morgan fingerprint density at radius 3 is 2.94 bits per heavy atom. The molecule has 0 saturated carbocycles. The van der Waals surface area contributed by atoms with Crippen molar-refractivity contribution in [3.05, 3.63) is 22.1 Å². The molecule has 0 aromatic carbocycles. The summed E-state index contributed by atoms with van der Waals surface area (Å²) in [6.45, 7) is 5.71. The first-order valence-electron chi connectivity index (χ1n) is 5.40. The van der Waals surface area contributed by atoms with Gasteiger partial charge in [0.05, 0.1) is 12.5 Å². The van der Waals surface area contributed by atoms with E-state index in [2.05, 4.69) is 9.97 Å². The van der Waals surface area contributed by atoms with Gasteiger partial charge in [-0.25, -0.2) is 4.98 Å². The molecule has 1 heterocycles. The number of carbonyl (C=O) groups is 1. The number of nitrogens with one attached hydrogen (secondary N) is 1. The predicted molar refractivity (Wildman–Crippen MR) is 66.1 cm³/mol. The van der Waals surface area contributed by atoms with Crippen molar-refractivity contribution in [3.63, 3.8) is 0 Å². The molecule has 0 saturated heterocycles. The molecule has 17 heavy (non-hydrogen) atoms. The number of ether oxygens (including phenoxy) is 1. The minimum atomic E-state index is -0.227. The second-order valence-electron chi connectivity index (χ2n) is 3.66. The summed E-state index contributed by atoms with van der Waals surface area (Å²) in [7, 11) is 0. The number of thioether (sulfide) groups is 1. The smallest absolute Gasteiger partial charge is 0.309 e. The van der Waals surface area contributed by atoms with Crippen LogP contribution in [0.15, 0.2) is 16.0 Å². The van der Waals surface area contributed by atoms with Crippen molar-refractivity contribution >= 4 is 17.7 Å². The minimum absolute atomic E-state index is 0.177. The van der Waals surface area contributed by atoms with E-state index < -0.39 is 0 Å². The molecule has 1 rings (SSSR count). The van der Waals surface area contributed by atoms with E-state index in [4.69, 9.17) is 4.74 Å². The number of hydrogen-bond acceptors (Lipinski definition) is 5. The van der Waals surface area contributed by atoms with Crippen molar-refractivity contribution in [3.8, 4) is 0 Å². The van der Waals surface area contributed by atoms with Gasteiger partial charge in [0, 0.05) is 17.5 Å². The summed E-state index contributed by atoms with van der Waals surface area (Å²) in [5, 5.41) is 0.533. The maximum atomic E-state index is 11.4. The third-order valence-electron chi connectivity index (χ3n) is 2.01. The first-order valence-corrected chi connectivity index (χ1v) is 6.39. The van der Waals surface area contributed by atoms with Crippen molar-refractivity contribution < 1.29 is 9.53 Å². The van der Waals surface area contributed by atoms with Crippen molar-refractivity contribution in [1.29, 1.82) is 0 Å². The number of aromatic nitrogens is 2. The van der Waals surface area contributed by atoms with Gasteiger partial charge in [-0.1, -0.05) is 18.7 Å². The van der Waals surface area contributed by atoms with Gasteiger partial charge in [-0.15, -0.1) is 0 Å². The largest absolute Gasteiger partial charge is 0.466 e. The second kappa shape index (κ2) is 6.44. The molecule has 0 amide bonds. The van der Waals surface area contributed by atoms with Crippen LogP contribution in [-0.2, 0) is 9.53 Å². The van der Waals surface area contributed by atoms with Crippen LogP contribution < -0.4 is 5.56 Å². The molecule has 94 valence electrons. The zero-order valence-corrected chi connectivity index (χ0v) is 11.0. The van der Waals surface area contributed by atoms with Gasteiger partial charge in [0.15, 0.2) is 5.16 Å². The van der Waals surface area contributed by atoms with E-state index in [1.165, 1.54) is 17.8 Å². The third-order valence-corrected chi connectivity index (χ3v) is 3.14. The van der Waals surface area contributed by atoms with E-state index in [1.807, 2.05) is 0 Å². The molecule has 1 aromatic rings. The predicted octanol–water partition coefficient (Wildman–Crippen LogP) is 1.37. The monoisotopic (exact) mass is 256 g/mol. The van der Waals surface area contributed by atoms with Crippen LogP contribution in [-0.4, -0.2) is 28.3 Å². The van der Waals surface area contributed by atoms with Gasteiger partial charge in [-0.2, -0.15) is 0 Å². The first kappa shape index (κ1) is 13.8. The molecule has 1 N–H and O–H groups in total. The molecule has 0 bridgehead atoms. The fraction of sp³-hybridized carbons (Fsp3) is 0.545.